The largest absolute Gasteiger partial charge is 0.489 e. The molecular formula is C32H28ClN3O4. The second kappa shape index (κ2) is 11.6. The molecule has 5 rings (SSSR count). The van der Waals surface area contributed by atoms with Crippen LogP contribution in [0.5, 0.6) is 5.75 Å². The molecule has 1 atom stereocenters. The van der Waals surface area contributed by atoms with Crippen molar-refractivity contribution in [2.24, 2.45) is 0 Å². The lowest BCUT2D eigenvalue weighted by Gasteiger charge is -2.14. The zero-order valence-corrected chi connectivity index (χ0v) is 22.9. The molecule has 0 spiro atoms. The van der Waals surface area contributed by atoms with Crippen molar-refractivity contribution in [2.75, 3.05) is 0 Å². The third kappa shape index (κ3) is 6.00. The van der Waals surface area contributed by atoms with Crippen molar-refractivity contribution in [3.8, 4) is 16.9 Å². The summed E-state index contributed by atoms with van der Waals surface area (Å²) in [6, 6.07) is 25.4. The third-order valence-corrected chi connectivity index (χ3v) is 7.03. The summed E-state index contributed by atoms with van der Waals surface area (Å²) in [7, 11) is 0. The van der Waals surface area contributed by atoms with Gasteiger partial charge in [0.1, 0.15) is 29.7 Å². The molecule has 0 saturated carbocycles. The number of nitrogens with zero attached hydrogens (tertiary/aromatic N) is 2. The summed E-state index contributed by atoms with van der Waals surface area (Å²) in [5.74, 6) is -1.00. The van der Waals surface area contributed by atoms with Crippen LogP contribution in [-0.4, -0.2) is 32.4 Å². The van der Waals surface area contributed by atoms with E-state index in [0.29, 0.717) is 23.0 Å². The van der Waals surface area contributed by atoms with Crippen LogP contribution in [0.15, 0.2) is 91.1 Å². The number of nitrogens with one attached hydrogen (secondary N) is 1. The van der Waals surface area contributed by atoms with Gasteiger partial charge < -0.3 is 19.6 Å². The second-order valence-corrected chi connectivity index (χ2v) is 10.1. The van der Waals surface area contributed by atoms with E-state index in [4.69, 9.17) is 16.3 Å². The minimum Gasteiger partial charge on any atom is -0.489 e. The van der Waals surface area contributed by atoms with Crippen LogP contribution >= 0.6 is 11.6 Å². The minimum atomic E-state index is -1.13. The molecule has 202 valence electrons. The Morgan fingerprint density at radius 1 is 0.975 bits per heavy atom. The average Bonchev–Trinajstić information content (AvgIpc) is 3.38. The van der Waals surface area contributed by atoms with E-state index in [1.54, 1.807) is 30.5 Å². The molecule has 2 N–H and O–H groups in total. The third-order valence-electron chi connectivity index (χ3n) is 6.78. The molecule has 1 amide bonds. The van der Waals surface area contributed by atoms with Crippen molar-refractivity contribution in [3.05, 3.63) is 124 Å². The van der Waals surface area contributed by atoms with Gasteiger partial charge in [0.15, 0.2) is 0 Å². The quantitative estimate of drug-likeness (QED) is 0.224. The Bertz CT molecular complexity index is 1660. The monoisotopic (exact) mass is 553 g/mol. The number of fused-ring (bicyclic) bond motifs is 1. The highest BCUT2D eigenvalue weighted by Crippen LogP contribution is 2.30. The summed E-state index contributed by atoms with van der Waals surface area (Å²) in [5, 5.41) is 13.1. The van der Waals surface area contributed by atoms with E-state index < -0.39 is 17.9 Å². The first kappa shape index (κ1) is 27.0. The molecule has 2 heterocycles. The van der Waals surface area contributed by atoms with Crippen LogP contribution in [0.3, 0.4) is 0 Å². The summed E-state index contributed by atoms with van der Waals surface area (Å²) < 4.78 is 7.65. The average molecular weight is 554 g/mol. The van der Waals surface area contributed by atoms with Gasteiger partial charge in [-0.15, -0.1) is 0 Å². The van der Waals surface area contributed by atoms with Crippen LogP contribution in [0.4, 0.5) is 0 Å². The molecule has 2 aromatic heterocycles. The Morgan fingerprint density at radius 3 is 2.35 bits per heavy atom. The Kier molecular flexibility index (Phi) is 7.84. The maximum atomic E-state index is 13.1. The molecule has 0 aliphatic carbocycles. The number of carbonyl (C=O) groups excluding carboxylic acids is 1. The first-order valence-electron chi connectivity index (χ1n) is 12.8. The highest BCUT2D eigenvalue weighted by Gasteiger charge is 2.23. The number of hydrogen-bond donors (Lipinski definition) is 2. The zero-order valence-electron chi connectivity index (χ0n) is 22.1. The van der Waals surface area contributed by atoms with Gasteiger partial charge in [0.25, 0.3) is 5.91 Å². The number of halogens is 1. The fourth-order valence-corrected chi connectivity index (χ4v) is 4.86. The number of carboxylic acid groups (broad SMARTS) is 1. The lowest BCUT2D eigenvalue weighted by Crippen LogP contribution is -2.42. The molecule has 3 aromatic carbocycles. The number of aryl methyl sites for hydroxylation is 2. The molecule has 0 aliphatic rings. The first-order chi connectivity index (χ1) is 19.3. The van der Waals surface area contributed by atoms with E-state index in [1.807, 2.05) is 78.9 Å². The Labute approximate surface area is 237 Å². The summed E-state index contributed by atoms with van der Waals surface area (Å²) >= 11 is 6.06. The molecule has 40 heavy (non-hydrogen) atoms. The standard InChI is InChI=1S/C32H28ClN3O4/c1-20-16-29-34-28(18-36(29)21(2)30(20)24-10-12-25(33)13-11-24)31(37)35-27(32(38)39)17-22-8-14-26(15-9-22)40-19-23-6-4-3-5-7-23/h3-16,18,27H,17,19H2,1-2H3,(H,35,37)(H,38,39)/t27-/m0/s1. The van der Waals surface area contributed by atoms with Gasteiger partial charge in [-0.2, -0.15) is 0 Å². The lowest BCUT2D eigenvalue weighted by atomic mass is 9.99. The molecule has 7 nitrogen and oxygen atoms in total. The number of carbonyl (C=O) groups is 2. The molecule has 0 fully saturated rings. The molecule has 5 aromatic rings. The number of benzene rings is 3. The van der Waals surface area contributed by atoms with Gasteiger partial charge in [-0.25, -0.2) is 9.78 Å². The summed E-state index contributed by atoms with van der Waals surface area (Å²) in [4.78, 5) is 29.6. The lowest BCUT2D eigenvalue weighted by molar-refractivity contribution is -0.139. The normalized spacial score (nSPS) is 11.8. The zero-order chi connectivity index (χ0) is 28.2. The van der Waals surface area contributed by atoms with Crippen molar-refractivity contribution >= 4 is 29.1 Å². The molecule has 0 aliphatic heterocycles. The van der Waals surface area contributed by atoms with Crippen molar-refractivity contribution in [3.63, 3.8) is 0 Å². The van der Waals surface area contributed by atoms with Crippen LogP contribution in [0.25, 0.3) is 16.8 Å². The topological polar surface area (TPSA) is 92.9 Å². The summed E-state index contributed by atoms with van der Waals surface area (Å²) in [6.07, 6.45) is 1.75. The van der Waals surface area contributed by atoms with Crippen LogP contribution < -0.4 is 10.1 Å². The van der Waals surface area contributed by atoms with Crippen molar-refractivity contribution < 1.29 is 19.4 Å². The predicted molar refractivity (Wildman–Crippen MR) is 155 cm³/mol. The number of aliphatic carboxylic acids is 1. The van der Waals surface area contributed by atoms with E-state index in [1.165, 1.54) is 0 Å². The van der Waals surface area contributed by atoms with Crippen molar-refractivity contribution in [2.45, 2.75) is 32.9 Å². The highest BCUT2D eigenvalue weighted by molar-refractivity contribution is 6.30. The fourth-order valence-electron chi connectivity index (χ4n) is 4.73. The van der Waals surface area contributed by atoms with E-state index in [9.17, 15) is 14.7 Å². The molecule has 8 heteroatoms. The second-order valence-electron chi connectivity index (χ2n) is 9.64. The van der Waals surface area contributed by atoms with Gasteiger partial charge in [0.05, 0.1) is 0 Å². The van der Waals surface area contributed by atoms with Gasteiger partial charge >= 0.3 is 5.97 Å². The van der Waals surface area contributed by atoms with E-state index >= 15 is 0 Å². The van der Waals surface area contributed by atoms with Crippen LogP contribution in [-0.2, 0) is 17.8 Å². The maximum Gasteiger partial charge on any atom is 0.326 e. The summed E-state index contributed by atoms with van der Waals surface area (Å²) in [6.45, 7) is 4.39. The van der Waals surface area contributed by atoms with Gasteiger partial charge in [0.2, 0.25) is 0 Å². The Morgan fingerprint density at radius 2 is 1.68 bits per heavy atom. The van der Waals surface area contributed by atoms with Gasteiger partial charge in [-0.05, 0) is 66.4 Å². The van der Waals surface area contributed by atoms with E-state index in [2.05, 4.69) is 10.3 Å². The number of aromatic nitrogens is 2. The number of imidazole rings is 1. The van der Waals surface area contributed by atoms with Crippen LogP contribution in [0.2, 0.25) is 5.02 Å². The minimum absolute atomic E-state index is 0.117. The van der Waals surface area contributed by atoms with Crippen LogP contribution in [0.1, 0.15) is 32.9 Å². The molecule has 0 unspecified atom stereocenters. The maximum absolute atomic E-state index is 13.1. The number of carboxylic acids is 1. The summed E-state index contributed by atoms with van der Waals surface area (Å²) in [5.41, 5.74) is 6.50. The number of hydrogen-bond acceptors (Lipinski definition) is 4. The number of ether oxygens (including phenoxy) is 1. The Hall–Kier alpha value is -4.62. The SMILES string of the molecule is Cc1cc2nc(C(=O)N[C@@H](Cc3ccc(OCc4ccccc4)cc3)C(=O)O)cn2c(C)c1-c1ccc(Cl)cc1. The number of amides is 1. The smallest absolute Gasteiger partial charge is 0.326 e. The highest BCUT2D eigenvalue weighted by atomic mass is 35.5. The van der Waals surface area contributed by atoms with E-state index in [0.717, 1.165) is 33.5 Å². The van der Waals surface area contributed by atoms with Gasteiger partial charge in [-0.1, -0.05) is 66.2 Å². The van der Waals surface area contributed by atoms with Gasteiger partial charge in [-0.3, -0.25) is 4.79 Å². The fraction of sp³-hybridized carbons (Fsp3) is 0.156. The number of rotatable bonds is 9. The number of pyridine rings is 1. The van der Waals surface area contributed by atoms with Gasteiger partial charge in [0, 0.05) is 28.9 Å². The van der Waals surface area contributed by atoms with E-state index in [-0.39, 0.29) is 12.1 Å². The molecule has 0 radical (unpaired) electrons. The molecule has 0 bridgehead atoms. The predicted octanol–water partition coefficient (Wildman–Crippen LogP) is 6.28. The van der Waals surface area contributed by atoms with Crippen molar-refractivity contribution in [1.29, 1.82) is 0 Å². The first-order valence-corrected chi connectivity index (χ1v) is 13.2. The van der Waals surface area contributed by atoms with Crippen LogP contribution in [0, 0.1) is 13.8 Å². The molecular weight excluding hydrogens is 526 g/mol. The molecule has 0 saturated heterocycles. The Balaban J connectivity index is 1.29. The van der Waals surface area contributed by atoms with Crippen molar-refractivity contribution in [1.82, 2.24) is 14.7 Å².